The largest absolute Gasteiger partial charge is 0.339 e. The number of nitriles is 1. The van der Waals surface area contributed by atoms with Gasteiger partial charge in [0, 0.05) is 19.0 Å². The van der Waals surface area contributed by atoms with Crippen LogP contribution in [-0.2, 0) is 4.79 Å². The third-order valence-corrected chi connectivity index (χ3v) is 3.90. The van der Waals surface area contributed by atoms with Crippen LogP contribution in [0.15, 0.2) is 0 Å². The first-order valence-electron chi connectivity index (χ1n) is 8.79. The van der Waals surface area contributed by atoms with Crippen molar-refractivity contribution >= 4 is 5.91 Å². The van der Waals surface area contributed by atoms with Crippen molar-refractivity contribution in [1.82, 2.24) is 4.90 Å². The van der Waals surface area contributed by atoms with Crippen molar-refractivity contribution in [3.63, 3.8) is 0 Å². The van der Waals surface area contributed by atoms with Gasteiger partial charge in [0.05, 0.1) is 12.5 Å². The number of amides is 1. The summed E-state index contributed by atoms with van der Waals surface area (Å²) in [5.41, 5.74) is 0. The zero-order chi connectivity index (χ0) is 15.9. The van der Waals surface area contributed by atoms with Gasteiger partial charge in [-0.05, 0) is 20.3 Å². The van der Waals surface area contributed by atoms with E-state index in [2.05, 4.69) is 13.0 Å². The van der Waals surface area contributed by atoms with Crippen LogP contribution in [0.2, 0.25) is 0 Å². The minimum atomic E-state index is 0.199. The van der Waals surface area contributed by atoms with Gasteiger partial charge in [0.15, 0.2) is 0 Å². The van der Waals surface area contributed by atoms with E-state index in [-0.39, 0.29) is 11.9 Å². The van der Waals surface area contributed by atoms with Crippen LogP contribution in [-0.4, -0.2) is 23.4 Å². The Labute approximate surface area is 131 Å². The predicted octanol–water partition coefficient (Wildman–Crippen LogP) is 5.06. The predicted molar refractivity (Wildman–Crippen MR) is 88.9 cm³/mol. The minimum absolute atomic E-state index is 0.199. The first-order valence-corrected chi connectivity index (χ1v) is 8.79. The number of hydrogen-bond donors (Lipinski definition) is 0. The summed E-state index contributed by atoms with van der Waals surface area (Å²) in [6, 6.07) is 2.32. The minimum Gasteiger partial charge on any atom is -0.339 e. The Balaban J connectivity index is 3.61. The molecule has 0 N–H and O–H groups in total. The number of carbonyl (C=O) groups is 1. The van der Waals surface area contributed by atoms with E-state index in [0.29, 0.717) is 19.4 Å². The van der Waals surface area contributed by atoms with Crippen molar-refractivity contribution in [1.29, 1.82) is 5.26 Å². The molecule has 21 heavy (non-hydrogen) atoms. The molecule has 0 atom stereocenters. The second-order valence-corrected chi connectivity index (χ2v) is 6.17. The number of unbranched alkanes of at least 4 members (excludes halogenated alkanes) is 8. The number of carbonyl (C=O) groups excluding carboxylic acids is 1. The monoisotopic (exact) mass is 294 g/mol. The molecule has 1 amide bonds. The van der Waals surface area contributed by atoms with Gasteiger partial charge in [0.25, 0.3) is 0 Å². The highest BCUT2D eigenvalue weighted by molar-refractivity contribution is 5.76. The molecule has 0 heterocycles. The lowest BCUT2D eigenvalue weighted by Crippen LogP contribution is -2.37. The van der Waals surface area contributed by atoms with E-state index in [1.807, 2.05) is 18.7 Å². The molecule has 3 nitrogen and oxygen atoms in total. The van der Waals surface area contributed by atoms with Gasteiger partial charge in [0.2, 0.25) is 5.91 Å². The summed E-state index contributed by atoms with van der Waals surface area (Å²) in [6.45, 7) is 6.86. The summed E-state index contributed by atoms with van der Waals surface area (Å²) >= 11 is 0. The van der Waals surface area contributed by atoms with Gasteiger partial charge in [-0.3, -0.25) is 4.79 Å². The van der Waals surface area contributed by atoms with Gasteiger partial charge < -0.3 is 4.90 Å². The van der Waals surface area contributed by atoms with Crippen LogP contribution in [0.3, 0.4) is 0 Å². The summed E-state index contributed by atoms with van der Waals surface area (Å²) < 4.78 is 0. The number of hydrogen-bond acceptors (Lipinski definition) is 2. The molecule has 0 bridgehead atoms. The molecule has 0 aromatic rings. The van der Waals surface area contributed by atoms with Gasteiger partial charge in [-0.1, -0.05) is 58.3 Å². The highest BCUT2D eigenvalue weighted by atomic mass is 16.2. The van der Waals surface area contributed by atoms with Crippen molar-refractivity contribution < 1.29 is 4.79 Å². The fourth-order valence-corrected chi connectivity index (χ4v) is 2.57. The van der Waals surface area contributed by atoms with Crippen molar-refractivity contribution in [2.45, 2.75) is 97.4 Å². The lowest BCUT2D eigenvalue weighted by molar-refractivity contribution is -0.132. The van der Waals surface area contributed by atoms with Gasteiger partial charge >= 0.3 is 0 Å². The Morgan fingerprint density at radius 3 is 2.00 bits per heavy atom. The highest BCUT2D eigenvalue weighted by Gasteiger charge is 2.15. The van der Waals surface area contributed by atoms with E-state index < -0.39 is 0 Å². The summed E-state index contributed by atoms with van der Waals surface area (Å²) in [7, 11) is 0. The van der Waals surface area contributed by atoms with Gasteiger partial charge in [0.1, 0.15) is 0 Å². The molecule has 0 aliphatic heterocycles. The zero-order valence-electron chi connectivity index (χ0n) is 14.4. The average Bonchev–Trinajstić information content (AvgIpc) is 2.45. The second kappa shape index (κ2) is 13.9. The summed E-state index contributed by atoms with van der Waals surface area (Å²) in [5.74, 6) is 0.211. The van der Waals surface area contributed by atoms with Crippen LogP contribution in [0.4, 0.5) is 0 Å². The number of rotatable bonds is 13. The van der Waals surface area contributed by atoms with Gasteiger partial charge in [-0.25, -0.2) is 0 Å². The molecule has 0 saturated carbocycles. The Hall–Kier alpha value is -1.04. The molecule has 0 spiro atoms. The molecule has 0 aromatic carbocycles. The molecule has 0 fully saturated rings. The van der Waals surface area contributed by atoms with E-state index in [0.717, 1.165) is 12.8 Å². The molecular formula is C18H34N2O. The van der Waals surface area contributed by atoms with Crippen molar-refractivity contribution in [2.75, 3.05) is 6.54 Å². The van der Waals surface area contributed by atoms with Crippen LogP contribution >= 0.6 is 0 Å². The maximum Gasteiger partial charge on any atom is 0.222 e. The molecule has 0 rings (SSSR count). The molecule has 0 aromatic heterocycles. The van der Waals surface area contributed by atoms with E-state index in [1.165, 1.54) is 44.9 Å². The van der Waals surface area contributed by atoms with E-state index in [4.69, 9.17) is 5.26 Å². The van der Waals surface area contributed by atoms with Crippen molar-refractivity contribution in [2.24, 2.45) is 0 Å². The quantitative estimate of drug-likeness (QED) is 0.446. The fourth-order valence-electron chi connectivity index (χ4n) is 2.57. The SMILES string of the molecule is CCCCCCCCCCCC(=O)N(CCC#N)C(C)C. The van der Waals surface area contributed by atoms with E-state index in [9.17, 15) is 4.79 Å². The van der Waals surface area contributed by atoms with Crippen molar-refractivity contribution in [3.8, 4) is 6.07 Å². The van der Waals surface area contributed by atoms with E-state index in [1.54, 1.807) is 0 Å². The Bertz CT molecular complexity index is 294. The molecule has 0 aliphatic carbocycles. The number of nitrogens with zero attached hydrogens (tertiary/aromatic N) is 2. The highest BCUT2D eigenvalue weighted by Crippen LogP contribution is 2.12. The average molecular weight is 294 g/mol. The summed E-state index contributed by atoms with van der Waals surface area (Å²) in [6.07, 6.45) is 12.5. The van der Waals surface area contributed by atoms with Crippen LogP contribution in [0.1, 0.15) is 91.4 Å². The first-order chi connectivity index (χ1) is 10.1. The molecule has 122 valence electrons. The molecule has 0 aliphatic rings. The molecule has 3 heteroatoms. The maximum absolute atomic E-state index is 12.1. The Morgan fingerprint density at radius 2 is 1.52 bits per heavy atom. The second-order valence-electron chi connectivity index (χ2n) is 6.17. The lowest BCUT2D eigenvalue weighted by Gasteiger charge is -2.25. The van der Waals surface area contributed by atoms with Crippen LogP contribution in [0.25, 0.3) is 0 Å². The molecule has 0 unspecified atom stereocenters. The Kier molecular flexibility index (Phi) is 13.2. The third kappa shape index (κ3) is 11.3. The van der Waals surface area contributed by atoms with Gasteiger partial charge in [-0.2, -0.15) is 5.26 Å². The summed E-state index contributed by atoms with van der Waals surface area (Å²) in [5, 5.41) is 8.64. The first kappa shape index (κ1) is 20.0. The molecular weight excluding hydrogens is 260 g/mol. The van der Waals surface area contributed by atoms with Crippen LogP contribution in [0.5, 0.6) is 0 Å². The smallest absolute Gasteiger partial charge is 0.222 e. The normalized spacial score (nSPS) is 10.6. The zero-order valence-corrected chi connectivity index (χ0v) is 14.4. The molecule has 0 radical (unpaired) electrons. The van der Waals surface area contributed by atoms with Crippen LogP contribution in [0, 0.1) is 11.3 Å². The standard InChI is InChI=1S/C18H34N2O/c1-4-5-6-7-8-9-10-11-12-14-18(21)20(17(2)3)16-13-15-19/h17H,4-14,16H2,1-3H3. The Morgan fingerprint density at radius 1 is 1.00 bits per heavy atom. The van der Waals surface area contributed by atoms with Crippen molar-refractivity contribution in [3.05, 3.63) is 0 Å². The third-order valence-electron chi connectivity index (χ3n) is 3.90. The topological polar surface area (TPSA) is 44.1 Å². The lowest BCUT2D eigenvalue weighted by atomic mass is 10.1. The fraction of sp³-hybridized carbons (Fsp3) is 0.889. The maximum atomic E-state index is 12.1. The van der Waals surface area contributed by atoms with Crippen LogP contribution < -0.4 is 0 Å². The van der Waals surface area contributed by atoms with E-state index >= 15 is 0 Å². The van der Waals surface area contributed by atoms with Gasteiger partial charge in [-0.15, -0.1) is 0 Å². The summed E-state index contributed by atoms with van der Waals surface area (Å²) in [4.78, 5) is 14.0. The molecule has 0 saturated heterocycles.